The minimum absolute atomic E-state index is 1.25. The van der Waals surface area contributed by atoms with Gasteiger partial charge in [-0.15, -0.1) is 0 Å². The summed E-state index contributed by atoms with van der Waals surface area (Å²) in [5.74, 6) is 0. The molecule has 0 aromatic heterocycles. The number of hydrogen-bond donors (Lipinski definition) is 0. The van der Waals surface area contributed by atoms with Gasteiger partial charge in [0.2, 0.25) is 0 Å². The molecule has 32 heavy (non-hydrogen) atoms. The van der Waals surface area contributed by atoms with Gasteiger partial charge in [-0.25, -0.2) is 0 Å². The number of hydrogen-bond acceptors (Lipinski definition) is 0. The first-order chi connectivity index (χ1) is 15.7. The van der Waals surface area contributed by atoms with Gasteiger partial charge < -0.3 is 0 Å². The van der Waals surface area contributed by atoms with Crippen molar-refractivity contribution in [1.29, 1.82) is 0 Å². The van der Waals surface area contributed by atoms with Crippen LogP contribution in [0, 0.1) is 13.8 Å². The van der Waals surface area contributed by atoms with Crippen LogP contribution >= 0.6 is 0 Å². The van der Waals surface area contributed by atoms with Crippen LogP contribution in [0.25, 0.3) is 45.8 Å². The van der Waals surface area contributed by atoms with Crippen LogP contribution in [-0.2, 0) is 0 Å². The van der Waals surface area contributed by atoms with Crippen LogP contribution < -0.4 is 0 Å². The highest BCUT2D eigenvalue weighted by Gasteiger charge is 2.03. The predicted molar refractivity (Wildman–Crippen MR) is 142 cm³/mol. The Hall–Kier alpha value is -3.90. The van der Waals surface area contributed by atoms with Gasteiger partial charge in [0.1, 0.15) is 0 Å². The monoisotopic (exact) mass is 410 g/mol. The van der Waals surface area contributed by atoms with Crippen LogP contribution in [-0.4, -0.2) is 0 Å². The highest BCUT2D eigenvalue weighted by atomic mass is 14.1. The predicted octanol–water partition coefficient (Wildman–Crippen LogP) is 8.95. The van der Waals surface area contributed by atoms with Crippen molar-refractivity contribution in [1.82, 2.24) is 0 Å². The summed E-state index contributed by atoms with van der Waals surface area (Å²) in [6, 6.07) is 34.6. The molecule has 0 atom stereocenters. The fourth-order valence-corrected chi connectivity index (χ4v) is 4.37. The van der Waals surface area contributed by atoms with Gasteiger partial charge in [-0.05, 0) is 68.8 Å². The molecule has 0 fully saturated rings. The Balaban J connectivity index is 1.45. The maximum absolute atomic E-state index is 2.29. The van der Waals surface area contributed by atoms with Crippen LogP contribution in [0.3, 0.4) is 0 Å². The Morgan fingerprint density at radius 3 is 1.25 bits per heavy atom. The average molecular weight is 411 g/mol. The number of fused-ring (bicyclic) bond motifs is 2. The third-order valence-corrected chi connectivity index (χ3v) is 6.19. The highest BCUT2D eigenvalue weighted by Crippen LogP contribution is 2.25. The third-order valence-electron chi connectivity index (χ3n) is 6.19. The fourth-order valence-electron chi connectivity index (χ4n) is 4.37. The molecule has 0 amide bonds. The highest BCUT2D eigenvalue weighted by molar-refractivity contribution is 5.94. The van der Waals surface area contributed by atoms with E-state index in [2.05, 4.69) is 135 Å². The minimum atomic E-state index is 1.25. The largest absolute Gasteiger partial charge is 0.0616 e. The summed E-state index contributed by atoms with van der Waals surface area (Å²) in [6.45, 7) is 4.38. The van der Waals surface area contributed by atoms with E-state index in [4.69, 9.17) is 0 Å². The van der Waals surface area contributed by atoms with Gasteiger partial charge in [0.05, 0.1) is 0 Å². The first-order valence-corrected chi connectivity index (χ1v) is 11.1. The fraction of sp³-hybridized carbons (Fsp3) is 0.0625. The SMILES string of the molecule is Cc1cc(C=Cc2cccc3ccccc23)c(C)cc1C=Cc1cccc2ccccc12. The van der Waals surface area contributed by atoms with E-state index in [0.717, 1.165) is 0 Å². The first-order valence-electron chi connectivity index (χ1n) is 11.1. The van der Waals surface area contributed by atoms with Crippen molar-refractivity contribution in [2.75, 3.05) is 0 Å². The van der Waals surface area contributed by atoms with Crippen molar-refractivity contribution < 1.29 is 0 Å². The molecule has 0 aliphatic rings. The summed E-state index contributed by atoms with van der Waals surface area (Å²) in [6.07, 6.45) is 8.94. The maximum Gasteiger partial charge on any atom is -0.0111 e. The zero-order valence-electron chi connectivity index (χ0n) is 18.5. The lowest BCUT2D eigenvalue weighted by molar-refractivity contribution is 1.36. The van der Waals surface area contributed by atoms with Crippen molar-refractivity contribution in [2.24, 2.45) is 0 Å². The first kappa shape index (κ1) is 20.0. The topological polar surface area (TPSA) is 0 Å². The second kappa shape index (κ2) is 8.69. The zero-order chi connectivity index (χ0) is 21.9. The molecular weight excluding hydrogens is 384 g/mol. The van der Waals surface area contributed by atoms with Gasteiger partial charge in [0, 0.05) is 0 Å². The molecule has 0 nitrogen and oxygen atoms in total. The van der Waals surface area contributed by atoms with Gasteiger partial charge in [0.25, 0.3) is 0 Å². The normalized spacial score (nSPS) is 11.8. The summed E-state index contributed by atoms with van der Waals surface area (Å²) in [5, 5.41) is 5.12. The molecule has 0 aliphatic carbocycles. The molecule has 5 aromatic rings. The summed E-state index contributed by atoms with van der Waals surface area (Å²) < 4.78 is 0. The lowest BCUT2D eigenvalue weighted by Crippen LogP contribution is -1.88. The number of benzene rings is 5. The lowest BCUT2D eigenvalue weighted by atomic mass is 9.97. The lowest BCUT2D eigenvalue weighted by Gasteiger charge is -2.08. The molecule has 0 N–H and O–H groups in total. The Kier molecular flexibility index (Phi) is 5.44. The molecule has 0 heterocycles. The second-order valence-corrected chi connectivity index (χ2v) is 8.37. The smallest absolute Gasteiger partial charge is 0.0111 e. The van der Waals surface area contributed by atoms with Gasteiger partial charge >= 0.3 is 0 Å². The zero-order valence-corrected chi connectivity index (χ0v) is 18.5. The van der Waals surface area contributed by atoms with Crippen LogP contribution in [0.1, 0.15) is 33.4 Å². The Morgan fingerprint density at radius 1 is 0.406 bits per heavy atom. The van der Waals surface area contributed by atoms with Crippen molar-refractivity contribution >= 4 is 45.8 Å². The van der Waals surface area contributed by atoms with E-state index >= 15 is 0 Å². The molecule has 5 aromatic carbocycles. The third kappa shape index (κ3) is 4.00. The van der Waals surface area contributed by atoms with E-state index in [1.54, 1.807) is 0 Å². The minimum Gasteiger partial charge on any atom is -0.0616 e. The van der Waals surface area contributed by atoms with Gasteiger partial charge in [-0.1, -0.05) is 121 Å². The Labute approximate surface area is 190 Å². The molecule has 0 bridgehead atoms. The van der Waals surface area contributed by atoms with E-state index in [9.17, 15) is 0 Å². The molecule has 0 saturated carbocycles. The summed E-state index contributed by atoms with van der Waals surface area (Å²) in [7, 11) is 0. The average Bonchev–Trinajstić information content (AvgIpc) is 2.83. The van der Waals surface area contributed by atoms with Crippen molar-refractivity contribution in [3.8, 4) is 0 Å². The molecule has 154 valence electrons. The van der Waals surface area contributed by atoms with Crippen molar-refractivity contribution in [2.45, 2.75) is 13.8 Å². The van der Waals surface area contributed by atoms with Gasteiger partial charge in [-0.2, -0.15) is 0 Å². The molecule has 0 aliphatic heterocycles. The van der Waals surface area contributed by atoms with E-state index in [-0.39, 0.29) is 0 Å². The van der Waals surface area contributed by atoms with Crippen LogP contribution in [0.5, 0.6) is 0 Å². The summed E-state index contributed by atoms with van der Waals surface area (Å²) >= 11 is 0. The van der Waals surface area contributed by atoms with Crippen LogP contribution in [0.2, 0.25) is 0 Å². The molecule has 0 unspecified atom stereocenters. The Morgan fingerprint density at radius 2 is 0.781 bits per heavy atom. The second-order valence-electron chi connectivity index (χ2n) is 8.37. The standard InChI is InChI=1S/C32H26/c1-23-21-30(20-18-28-14-8-12-26-10-4-6-16-32(26)28)24(2)22-29(23)19-17-27-13-7-11-25-9-3-5-15-31(25)27/h3-22H,1-2H3. The van der Waals surface area contributed by atoms with Crippen molar-refractivity contribution in [3.05, 3.63) is 130 Å². The van der Waals surface area contributed by atoms with E-state index in [1.807, 2.05) is 0 Å². The molecule has 0 radical (unpaired) electrons. The number of aryl methyl sites for hydroxylation is 2. The molecule has 0 saturated heterocycles. The molecular formula is C32H26. The van der Waals surface area contributed by atoms with Crippen molar-refractivity contribution in [3.63, 3.8) is 0 Å². The van der Waals surface area contributed by atoms with Gasteiger partial charge in [0.15, 0.2) is 0 Å². The molecule has 5 rings (SSSR count). The van der Waals surface area contributed by atoms with Crippen LogP contribution in [0.4, 0.5) is 0 Å². The Bertz CT molecular complexity index is 1360. The molecule has 0 spiro atoms. The maximum atomic E-state index is 2.29. The van der Waals surface area contributed by atoms with E-state index in [0.29, 0.717) is 0 Å². The number of rotatable bonds is 4. The summed E-state index contributed by atoms with van der Waals surface area (Å²) in [4.78, 5) is 0. The quantitative estimate of drug-likeness (QED) is 0.259. The van der Waals surface area contributed by atoms with E-state index in [1.165, 1.54) is 54.9 Å². The molecule has 0 heteroatoms. The van der Waals surface area contributed by atoms with E-state index < -0.39 is 0 Å². The van der Waals surface area contributed by atoms with Crippen LogP contribution in [0.15, 0.2) is 97.1 Å². The van der Waals surface area contributed by atoms with Gasteiger partial charge in [-0.3, -0.25) is 0 Å². The summed E-state index contributed by atoms with van der Waals surface area (Å²) in [5.41, 5.74) is 7.59.